The molecule has 242 valence electrons. The number of unbranched alkanes of at least 4 members (excludes halogenated alkanes) is 2. The van der Waals surface area contributed by atoms with Gasteiger partial charge in [0.05, 0.1) is 32.2 Å². The summed E-state index contributed by atoms with van der Waals surface area (Å²) in [5.74, 6) is -6.60. The molecule has 1 unspecified atom stereocenters. The van der Waals surface area contributed by atoms with Crippen LogP contribution < -0.4 is 16.8 Å². The van der Waals surface area contributed by atoms with E-state index in [4.69, 9.17) is 20.9 Å². The van der Waals surface area contributed by atoms with Gasteiger partial charge in [0.1, 0.15) is 17.3 Å². The molecule has 0 aliphatic rings. The minimum absolute atomic E-state index is 0.0891. The molecule has 0 amide bonds. The molecule has 0 aliphatic carbocycles. The summed E-state index contributed by atoms with van der Waals surface area (Å²) in [5.41, 5.74) is 10.7. The van der Waals surface area contributed by atoms with E-state index in [1.165, 1.54) is 0 Å². The zero-order valence-corrected chi connectivity index (χ0v) is 25.3. The average molecular weight is 601 g/mol. The molecule has 0 heterocycles. The first-order valence-electron chi connectivity index (χ1n) is 14.9. The van der Waals surface area contributed by atoms with Gasteiger partial charge < -0.3 is 36.5 Å². The lowest BCUT2D eigenvalue weighted by Crippen LogP contribution is -2.29. The minimum Gasteiger partial charge on any atom is -0.481 e. The predicted octanol–water partition coefficient (Wildman–Crippen LogP) is 1.94. The number of rotatable bonds is 29. The van der Waals surface area contributed by atoms with Crippen molar-refractivity contribution in [2.75, 3.05) is 46.6 Å². The summed E-state index contributed by atoms with van der Waals surface area (Å²) in [4.78, 5) is 66.2. The fourth-order valence-electron chi connectivity index (χ4n) is 4.39. The summed E-state index contributed by atoms with van der Waals surface area (Å²) >= 11 is 0. The summed E-state index contributed by atoms with van der Waals surface area (Å²) in [7, 11) is 1.78. The molecule has 0 aromatic rings. The van der Waals surface area contributed by atoms with Gasteiger partial charge in [0.25, 0.3) is 0 Å². The van der Waals surface area contributed by atoms with Gasteiger partial charge in [-0.1, -0.05) is 19.8 Å². The molecule has 0 rings (SSSR count). The highest BCUT2D eigenvalue weighted by atomic mass is 16.5. The van der Waals surface area contributed by atoms with Gasteiger partial charge in [-0.15, -0.1) is 0 Å². The van der Waals surface area contributed by atoms with Gasteiger partial charge in [0.2, 0.25) is 0 Å². The number of ketones is 3. The Morgan fingerprint density at radius 2 is 1.38 bits per heavy atom. The molecule has 0 aromatic heterocycles. The molecule has 13 heteroatoms. The standard InChI is InChI=1S/C29H52N4O9/c1-3-4-13-41-15-16-42-14-10-24(34)17-21(9-7-12-33-29(30)31)25(35)19-23(20-27(37)38)26(36)18-22(28(39)40)8-5-6-11-32-2/h21-23,32H,3-20H2,1-2H3,(H,37,38)(H,39,40)(H4,30,31,33)/t21?,22-,23-/m0/s1. The Balaban J connectivity index is 5.27. The Bertz CT molecular complexity index is 847. The second kappa shape index (κ2) is 24.7. The normalized spacial score (nSPS) is 13.2. The Labute approximate surface area is 249 Å². The number of carbonyl (C=O) groups is 5. The van der Waals surface area contributed by atoms with E-state index in [0.29, 0.717) is 39.2 Å². The van der Waals surface area contributed by atoms with Crippen LogP contribution in [0.15, 0.2) is 4.99 Å². The number of carbonyl (C=O) groups excluding carboxylic acids is 3. The molecule has 0 saturated heterocycles. The average Bonchev–Trinajstić information content (AvgIpc) is 2.92. The molecule has 0 saturated carbocycles. The van der Waals surface area contributed by atoms with Gasteiger partial charge in [-0.25, -0.2) is 0 Å². The van der Waals surface area contributed by atoms with Crippen LogP contribution >= 0.6 is 0 Å². The minimum atomic E-state index is -1.27. The van der Waals surface area contributed by atoms with Crippen molar-refractivity contribution in [3.8, 4) is 0 Å². The molecule has 13 nitrogen and oxygen atoms in total. The number of guanidine groups is 1. The fourth-order valence-corrected chi connectivity index (χ4v) is 4.39. The SMILES string of the molecule is CCCCOCCOCCC(=O)CC(CCCN=C(N)N)C(=O)C[C@@H](CC(=O)O)C(=O)C[C@H](CCCCNC)C(=O)O. The van der Waals surface area contributed by atoms with E-state index in [-0.39, 0.29) is 63.4 Å². The Morgan fingerprint density at radius 1 is 0.762 bits per heavy atom. The number of nitrogens with two attached hydrogens (primary N) is 2. The molecule has 7 N–H and O–H groups in total. The van der Waals surface area contributed by atoms with Crippen LogP contribution in [-0.4, -0.2) is 92.0 Å². The first kappa shape index (κ1) is 39.1. The Morgan fingerprint density at radius 3 is 1.98 bits per heavy atom. The lowest BCUT2D eigenvalue weighted by Gasteiger charge is -2.20. The Kier molecular flexibility index (Phi) is 23.0. The van der Waals surface area contributed by atoms with Crippen molar-refractivity contribution in [1.82, 2.24) is 5.32 Å². The molecule has 0 radical (unpaired) electrons. The van der Waals surface area contributed by atoms with Crippen molar-refractivity contribution < 1.29 is 43.7 Å². The molecule has 0 aromatic carbocycles. The fraction of sp³-hybridized carbons (Fsp3) is 0.793. The molecule has 0 bridgehead atoms. The zero-order valence-electron chi connectivity index (χ0n) is 25.3. The van der Waals surface area contributed by atoms with Crippen molar-refractivity contribution in [2.45, 2.75) is 84.0 Å². The highest BCUT2D eigenvalue weighted by Crippen LogP contribution is 2.24. The summed E-state index contributed by atoms with van der Waals surface area (Å²) in [6.45, 7) is 4.63. The monoisotopic (exact) mass is 600 g/mol. The van der Waals surface area contributed by atoms with Crippen LogP contribution in [-0.2, 0) is 33.4 Å². The third-order valence-corrected chi connectivity index (χ3v) is 6.82. The highest BCUT2D eigenvalue weighted by Gasteiger charge is 2.32. The number of aliphatic imine (C=N–C) groups is 1. The van der Waals surface area contributed by atoms with Crippen LogP contribution in [0.1, 0.15) is 84.0 Å². The number of Topliss-reactive ketones (excluding diaryl/α,β-unsaturated/α-hetero) is 3. The first-order valence-corrected chi connectivity index (χ1v) is 14.9. The maximum Gasteiger partial charge on any atom is 0.306 e. The van der Waals surface area contributed by atoms with Gasteiger partial charge in [-0.2, -0.15) is 0 Å². The number of nitrogens with zero attached hydrogens (tertiary/aromatic N) is 1. The van der Waals surface area contributed by atoms with Gasteiger partial charge in [0, 0.05) is 50.7 Å². The number of aliphatic carboxylic acids is 2. The molecule has 3 atom stereocenters. The number of ether oxygens (including phenoxy) is 2. The summed E-state index contributed by atoms with van der Waals surface area (Å²) in [6.07, 6.45) is 2.93. The Hall–Kier alpha value is -2.90. The van der Waals surface area contributed by atoms with Crippen LogP contribution in [0.4, 0.5) is 0 Å². The topological polar surface area (TPSA) is 221 Å². The van der Waals surface area contributed by atoms with Crippen LogP contribution in [0.2, 0.25) is 0 Å². The second-order valence-electron chi connectivity index (χ2n) is 10.5. The third kappa shape index (κ3) is 20.9. The van der Waals surface area contributed by atoms with E-state index in [1.807, 2.05) is 0 Å². The van der Waals surface area contributed by atoms with Gasteiger partial charge in [-0.3, -0.25) is 29.0 Å². The molecule has 42 heavy (non-hydrogen) atoms. The van der Waals surface area contributed by atoms with E-state index >= 15 is 0 Å². The number of hydrogen-bond acceptors (Lipinski definition) is 9. The van der Waals surface area contributed by atoms with E-state index in [2.05, 4.69) is 17.2 Å². The van der Waals surface area contributed by atoms with E-state index in [9.17, 15) is 34.2 Å². The zero-order chi connectivity index (χ0) is 31.8. The maximum absolute atomic E-state index is 13.3. The predicted molar refractivity (Wildman–Crippen MR) is 158 cm³/mol. The maximum atomic E-state index is 13.3. The second-order valence-corrected chi connectivity index (χ2v) is 10.5. The van der Waals surface area contributed by atoms with Gasteiger partial charge >= 0.3 is 11.9 Å². The molecule has 0 fully saturated rings. The van der Waals surface area contributed by atoms with Gasteiger partial charge in [0.15, 0.2) is 5.96 Å². The van der Waals surface area contributed by atoms with Crippen LogP contribution in [0.5, 0.6) is 0 Å². The van der Waals surface area contributed by atoms with Crippen molar-refractivity contribution in [2.24, 2.45) is 34.2 Å². The van der Waals surface area contributed by atoms with E-state index < -0.39 is 47.7 Å². The van der Waals surface area contributed by atoms with Crippen LogP contribution in [0.3, 0.4) is 0 Å². The van der Waals surface area contributed by atoms with Crippen molar-refractivity contribution in [3.05, 3.63) is 0 Å². The number of carboxylic acids is 2. The van der Waals surface area contributed by atoms with Crippen molar-refractivity contribution >= 4 is 35.2 Å². The van der Waals surface area contributed by atoms with Crippen LogP contribution in [0.25, 0.3) is 0 Å². The number of nitrogens with one attached hydrogen (secondary N) is 1. The third-order valence-electron chi connectivity index (χ3n) is 6.82. The lowest BCUT2D eigenvalue weighted by molar-refractivity contribution is -0.145. The number of hydrogen-bond donors (Lipinski definition) is 5. The highest BCUT2D eigenvalue weighted by molar-refractivity contribution is 5.94. The molecular formula is C29H52N4O9. The van der Waals surface area contributed by atoms with Gasteiger partial charge in [-0.05, 0) is 45.7 Å². The molecular weight excluding hydrogens is 548 g/mol. The van der Waals surface area contributed by atoms with Crippen molar-refractivity contribution in [3.63, 3.8) is 0 Å². The largest absolute Gasteiger partial charge is 0.481 e. The van der Waals surface area contributed by atoms with E-state index in [1.54, 1.807) is 7.05 Å². The first-order chi connectivity index (χ1) is 20.0. The van der Waals surface area contributed by atoms with Crippen molar-refractivity contribution in [1.29, 1.82) is 0 Å². The van der Waals surface area contributed by atoms with E-state index in [0.717, 1.165) is 19.3 Å². The van der Waals surface area contributed by atoms with Crippen LogP contribution in [0, 0.1) is 17.8 Å². The molecule has 0 spiro atoms. The number of carboxylic acid groups (broad SMARTS) is 2. The lowest BCUT2D eigenvalue weighted by atomic mass is 9.82. The summed E-state index contributed by atoms with van der Waals surface area (Å²) < 4.78 is 10.9. The quantitative estimate of drug-likeness (QED) is 0.0472. The molecule has 0 aliphatic heterocycles. The summed E-state index contributed by atoms with van der Waals surface area (Å²) in [5, 5.41) is 22.0. The smallest absolute Gasteiger partial charge is 0.306 e. The summed E-state index contributed by atoms with van der Waals surface area (Å²) in [6, 6.07) is 0.